The van der Waals surface area contributed by atoms with E-state index in [1.807, 2.05) is 0 Å². The van der Waals surface area contributed by atoms with E-state index in [-0.39, 0.29) is 11.4 Å². The smallest absolute Gasteiger partial charge is 0.302 e. The molecule has 0 fully saturated rings. The minimum atomic E-state index is -0.226. The maximum absolute atomic E-state index is 11.0. The lowest BCUT2D eigenvalue weighted by Gasteiger charge is -2.22. The molecule has 0 heterocycles. The van der Waals surface area contributed by atoms with Gasteiger partial charge in [0.05, 0.1) is 0 Å². The molecule has 1 rings (SSSR count). The molecule has 0 spiro atoms. The first kappa shape index (κ1) is 16.5. The molecule has 0 aliphatic heterocycles. The summed E-state index contributed by atoms with van der Waals surface area (Å²) >= 11 is 0. The van der Waals surface area contributed by atoms with Crippen molar-refractivity contribution < 1.29 is 9.53 Å². The molecule has 0 radical (unpaired) electrons. The van der Waals surface area contributed by atoms with E-state index in [4.69, 9.17) is 4.74 Å². The number of benzene rings is 1. The number of esters is 1. The molecular formula is C18H26O2. The molecule has 1 aromatic carbocycles. The van der Waals surface area contributed by atoms with Crippen molar-refractivity contribution in [3.05, 3.63) is 41.0 Å². The van der Waals surface area contributed by atoms with Gasteiger partial charge in [-0.15, -0.1) is 0 Å². The highest BCUT2D eigenvalue weighted by Crippen LogP contribution is 2.27. The molecule has 0 saturated heterocycles. The van der Waals surface area contributed by atoms with Crippen molar-refractivity contribution >= 4 is 12.0 Å². The molecule has 0 N–H and O–H groups in total. The van der Waals surface area contributed by atoms with Crippen molar-refractivity contribution in [3.8, 4) is 0 Å². The highest BCUT2D eigenvalue weighted by Gasteiger charge is 2.16. The molecule has 0 bridgehead atoms. The summed E-state index contributed by atoms with van der Waals surface area (Å²) in [7, 11) is 0. The molecule has 0 aliphatic carbocycles. The van der Waals surface area contributed by atoms with Gasteiger partial charge in [-0.2, -0.15) is 0 Å². The lowest BCUT2D eigenvalue weighted by molar-refractivity contribution is -0.140. The van der Waals surface area contributed by atoms with E-state index in [1.54, 1.807) is 0 Å². The molecule has 0 aliphatic rings. The zero-order valence-corrected chi connectivity index (χ0v) is 13.3. The topological polar surface area (TPSA) is 26.3 Å². The average Bonchev–Trinajstić information content (AvgIpc) is 2.35. The number of hydrogen-bond donors (Lipinski definition) is 0. The fourth-order valence-electron chi connectivity index (χ4n) is 2.23. The van der Waals surface area contributed by atoms with Gasteiger partial charge in [0.15, 0.2) is 0 Å². The van der Waals surface area contributed by atoms with Gasteiger partial charge in [-0.25, -0.2) is 0 Å². The van der Waals surface area contributed by atoms with Crippen LogP contribution in [0.4, 0.5) is 0 Å². The lowest BCUT2D eigenvalue weighted by Crippen LogP contribution is -2.13. The first-order chi connectivity index (χ1) is 9.34. The first-order valence-electron chi connectivity index (χ1n) is 7.27. The van der Waals surface area contributed by atoms with Crippen molar-refractivity contribution in [1.82, 2.24) is 0 Å². The van der Waals surface area contributed by atoms with Crippen LogP contribution in [0, 0.1) is 0 Å². The third-order valence-corrected chi connectivity index (χ3v) is 3.16. The maximum atomic E-state index is 11.0. The quantitative estimate of drug-likeness (QED) is 0.725. The van der Waals surface area contributed by atoms with Gasteiger partial charge in [-0.1, -0.05) is 64.5 Å². The van der Waals surface area contributed by atoms with Gasteiger partial charge < -0.3 is 4.74 Å². The van der Waals surface area contributed by atoms with Gasteiger partial charge in [0.25, 0.3) is 0 Å². The van der Waals surface area contributed by atoms with Crippen LogP contribution in [0.5, 0.6) is 0 Å². The summed E-state index contributed by atoms with van der Waals surface area (Å²) in [5.74, 6) is -0.226. The van der Waals surface area contributed by atoms with Gasteiger partial charge in [-0.3, -0.25) is 4.79 Å². The van der Waals surface area contributed by atoms with E-state index in [9.17, 15) is 4.79 Å². The SMILES string of the molecule is CCCC(=Cc1ccccc1C(C)(C)C)COC(C)=O. The summed E-state index contributed by atoms with van der Waals surface area (Å²) in [6.07, 6.45) is 4.17. The summed E-state index contributed by atoms with van der Waals surface area (Å²) in [6.45, 7) is 10.6. The lowest BCUT2D eigenvalue weighted by atomic mass is 9.83. The second-order valence-electron chi connectivity index (χ2n) is 6.17. The van der Waals surface area contributed by atoms with Gasteiger partial charge in [0, 0.05) is 6.92 Å². The third kappa shape index (κ3) is 5.20. The highest BCUT2D eigenvalue weighted by atomic mass is 16.5. The highest BCUT2D eigenvalue weighted by molar-refractivity contribution is 5.66. The van der Waals surface area contributed by atoms with E-state index < -0.39 is 0 Å². The van der Waals surface area contributed by atoms with E-state index in [1.165, 1.54) is 23.6 Å². The molecule has 2 nitrogen and oxygen atoms in total. The van der Waals surface area contributed by atoms with Gasteiger partial charge in [-0.05, 0) is 28.5 Å². The van der Waals surface area contributed by atoms with Crippen molar-refractivity contribution in [3.63, 3.8) is 0 Å². The largest absolute Gasteiger partial charge is 0.461 e. The fourth-order valence-corrected chi connectivity index (χ4v) is 2.23. The van der Waals surface area contributed by atoms with Crippen LogP contribution in [0.25, 0.3) is 6.08 Å². The maximum Gasteiger partial charge on any atom is 0.302 e. The van der Waals surface area contributed by atoms with E-state index in [0.29, 0.717) is 6.61 Å². The molecule has 0 saturated carbocycles. The van der Waals surface area contributed by atoms with Crippen molar-refractivity contribution in [1.29, 1.82) is 0 Å². The van der Waals surface area contributed by atoms with Gasteiger partial charge >= 0.3 is 5.97 Å². The zero-order valence-electron chi connectivity index (χ0n) is 13.3. The van der Waals surface area contributed by atoms with Crippen LogP contribution in [0.3, 0.4) is 0 Å². The molecular weight excluding hydrogens is 248 g/mol. The van der Waals surface area contributed by atoms with Gasteiger partial charge in [0.1, 0.15) is 6.61 Å². The third-order valence-electron chi connectivity index (χ3n) is 3.16. The van der Waals surface area contributed by atoms with E-state index >= 15 is 0 Å². The van der Waals surface area contributed by atoms with Crippen LogP contribution in [-0.4, -0.2) is 12.6 Å². The minimum absolute atomic E-state index is 0.103. The Kier molecular flexibility index (Phi) is 6.00. The number of carbonyl (C=O) groups is 1. The Morgan fingerprint density at radius 2 is 1.90 bits per heavy atom. The summed E-state index contributed by atoms with van der Waals surface area (Å²) in [6, 6.07) is 8.42. The van der Waals surface area contributed by atoms with Crippen LogP contribution in [0.1, 0.15) is 58.6 Å². The molecule has 0 unspecified atom stereocenters. The van der Waals surface area contributed by atoms with Crippen molar-refractivity contribution in [2.45, 2.75) is 52.9 Å². The average molecular weight is 274 g/mol. The van der Waals surface area contributed by atoms with Crippen LogP contribution in [0.15, 0.2) is 29.8 Å². The second kappa shape index (κ2) is 7.28. The van der Waals surface area contributed by atoms with E-state index in [0.717, 1.165) is 12.8 Å². The van der Waals surface area contributed by atoms with Crippen molar-refractivity contribution in [2.75, 3.05) is 6.61 Å². The molecule has 0 amide bonds. The predicted octanol–water partition coefficient (Wildman–Crippen LogP) is 4.73. The minimum Gasteiger partial charge on any atom is -0.461 e. The predicted molar refractivity (Wildman–Crippen MR) is 84.7 cm³/mol. The van der Waals surface area contributed by atoms with Gasteiger partial charge in [0.2, 0.25) is 0 Å². The molecule has 0 atom stereocenters. The van der Waals surface area contributed by atoms with E-state index in [2.05, 4.69) is 58.0 Å². The molecule has 1 aromatic rings. The number of hydrogen-bond acceptors (Lipinski definition) is 2. The number of carbonyl (C=O) groups excluding carboxylic acids is 1. The van der Waals surface area contributed by atoms with Crippen LogP contribution >= 0.6 is 0 Å². The summed E-state index contributed by atoms with van der Waals surface area (Å²) < 4.78 is 5.15. The molecule has 2 heteroatoms. The number of ether oxygens (including phenoxy) is 1. The Labute approximate surface area is 122 Å². The standard InChI is InChI=1S/C18H26O2/c1-6-9-15(13-20-14(2)19)12-16-10-7-8-11-17(16)18(3,4)5/h7-8,10-12H,6,9,13H2,1-5H3. The number of rotatable bonds is 5. The Morgan fingerprint density at radius 3 is 2.45 bits per heavy atom. The summed E-state index contributed by atoms with van der Waals surface area (Å²) in [5, 5.41) is 0. The van der Waals surface area contributed by atoms with Crippen molar-refractivity contribution in [2.24, 2.45) is 0 Å². The normalized spacial score (nSPS) is 12.3. The Bertz CT molecular complexity index is 478. The second-order valence-corrected chi connectivity index (χ2v) is 6.17. The van der Waals surface area contributed by atoms with Crippen LogP contribution in [-0.2, 0) is 14.9 Å². The van der Waals surface area contributed by atoms with Crippen LogP contribution in [0.2, 0.25) is 0 Å². The van der Waals surface area contributed by atoms with Crippen LogP contribution < -0.4 is 0 Å². The zero-order chi connectivity index (χ0) is 15.2. The molecule has 110 valence electrons. The Morgan fingerprint density at radius 1 is 1.25 bits per heavy atom. The molecule has 20 heavy (non-hydrogen) atoms. The summed E-state index contributed by atoms with van der Waals surface area (Å²) in [4.78, 5) is 11.0. The first-order valence-corrected chi connectivity index (χ1v) is 7.27. The monoisotopic (exact) mass is 274 g/mol. The summed E-state index contributed by atoms with van der Waals surface area (Å²) in [5.41, 5.74) is 3.80. The Hall–Kier alpha value is -1.57. The fraction of sp³-hybridized carbons (Fsp3) is 0.500. The molecule has 0 aromatic heterocycles. The Balaban J connectivity index is 3.07.